The first-order valence-electron chi connectivity index (χ1n) is 5.83. The van der Waals surface area contributed by atoms with Gasteiger partial charge in [-0.15, -0.1) is 0 Å². The Hall–Kier alpha value is -1.42. The number of thioether (sulfide) groups is 1. The van der Waals surface area contributed by atoms with Gasteiger partial charge >= 0.3 is 5.97 Å². The zero-order chi connectivity index (χ0) is 13.4. The molecular weight excluding hydrogens is 248 g/mol. The minimum Gasteiger partial charge on any atom is -0.496 e. The maximum atomic E-state index is 10.5. The molecule has 0 saturated heterocycles. The van der Waals surface area contributed by atoms with Crippen molar-refractivity contribution in [2.24, 2.45) is 0 Å². The van der Waals surface area contributed by atoms with Crippen molar-refractivity contribution >= 4 is 23.8 Å². The van der Waals surface area contributed by atoms with Gasteiger partial charge in [-0.25, -0.2) is 4.79 Å². The fourth-order valence-electron chi connectivity index (χ4n) is 1.51. The second kappa shape index (κ2) is 7.82. The highest BCUT2D eigenvalue weighted by atomic mass is 32.2. The van der Waals surface area contributed by atoms with Gasteiger partial charge in [-0.05, 0) is 35.9 Å². The number of hydrogen-bond acceptors (Lipinski definition) is 3. The van der Waals surface area contributed by atoms with Gasteiger partial charge in [0.1, 0.15) is 5.75 Å². The predicted molar refractivity (Wildman–Crippen MR) is 76.1 cm³/mol. The predicted octanol–water partition coefficient (Wildman–Crippen LogP) is 3.44. The van der Waals surface area contributed by atoms with Gasteiger partial charge < -0.3 is 9.84 Å². The van der Waals surface area contributed by atoms with Crippen LogP contribution in [0.15, 0.2) is 24.3 Å². The van der Waals surface area contributed by atoms with Gasteiger partial charge in [-0.2, -0.15) is 11.8 Å². The van der Waals surface area contributed by atoms with Gasteiger partial charge in [0, 0.05) is 17.4 Å². The number of hydrogen-bond donors (Lipinski definition) is 1. The summed E-state index contributed by atoms with van der Waals surface area (Å²) in [5.41, 5.74) is 1.98. The van der Waals surface area contributed by atoms with E-state index in [9.17, 15) is 4.79 Å². The zero-order valence-corrected chi connectivity index (χ0v) is 11.5. The van der Waals surface area contributed by atoms with Crippen molar-refractivity contribution < 1.29 is 14.6 Å². The normalized spacial score (nSPS) is 10.8. The summed E-state index contributed by atoms with van der Waals surface area (Å²) in [4.78, 5) is 10.5. The van der Waals surface area contributed by atoms with Gasteiger partial charge in [0.25, 0.3) is 0 Å². The summed E-state index contributed by atoms with van der Waals surface area (Å²) in [6, 6.07) is 5.70. The van der Waals surface area contributed by atoms with E-state index >= 15 is 0 Å². The molecule has 0 atom stereocenters. The summed E-state index contributed by atoms with van der Waals surface area (Å²) in [7, 11) is 1.65. The number of methoxy groups -OCH3 is 1. The lowest BCUT2D eigenvalue weighted by atomic mass is 10.1. The number of carboxylic acids is 1. The Balaban J connectivity index is 2.83. The van der Waals surface area contributed by atoms with Crippen LogP contribution < -0.4 is 4.74 Å². The largest absolute Gasteiger partial charge is 0.496 e. The van der Waals surface area contributed by atoms with E-state index in [2.05, 4.69) is 6.92 Å². The molecule has 0 aliphatic carbocycles. The van der Waals surface area contributed by atoms with E-state index in [1.165, 1.54) is 0 Å². The topological polar surface area (TPSA) is 46.5 Å². The highest BCUT2D eigenvalue weighted by molar-refractivity contribution is 7.98. The lowest BCUT2D eigenvalue weighted by Gasteiger charge is -2.09. The van der Waals surface area contributed by atoms with E-state index < -0.39 is 5.97 Å². The highest BCUT2D eigenvalue weighted by Gasteiger charge is 2.03. The van der Waals surface area contributed by atoms with Crippen LogP contribution in [-0.4, -0.2) is 23.9 Å². The fourth-order valence-corrected chi connectivity index (χ4v) is 2.39. The Bertz CT molecular complexity index is 427. The van der Waals surface area contributed by atoms with Crippen molar-refractivity contribution in [1.82, 2.24) is 0 Å². The number of aliphatic carboxylic acids is 1. The number of ether oxygens (including phenoxy) is 1. The average Bonchev–Trinajstić information content (AvgIpc) is 2.37. The van der Waals surface area contributed by atoms with Crippen LogP contribution >= 0.6 is 11.8 Å². The molecule has 0 bridgehead atoms. The molecule has 1 aromatic rings. The van der Waals surface area contributed by atoms with Gasteiger partial charge in [0.2, 0.25) is 0 Å². The van der Waals surface area contributed by atoms with E-state index in [0.29, 0.717) is 0 Å². The maximum Gasteiger partial charge on any atom is 0.328 e. The summed E-state index contributed by atoms with van der Waals surface area (Å²) < 4.78 is 5.30. The molecule has 3 nitrogen and oxygen atoms in total. The first kappa shape index (κ1) is 14.6. The fraction of sp³-hybridized carbons (Fsp3) is 0.357. The van der Waals surface area contributed by atoms with Crippen LogP contribution in [0.25, 0.3) is 6.08 Å². The molecule has 0 amide bonds. The molecule has 0 radical (unpaired) electrons. The molecule has 0 aliphatic heterocycles. The van der Waals surface area contributed by atoms with E-state index in [-0.39, 0.29) is 0 Å². The summed E-state index contributed by atoms with van der Waals surface area (Å²) in [6.07, 6.45) is 3.88. The van der Waals surface area contributed by atoms with Crippen molar-refractivity contribution in [1.29, 1.82) is 0 Å². The summed E-state index contributed by atoms with van der Waals surface area (Å²) >= 11 is 1.85. The summed E-state index contributed by atoms with van der Waals surface area (Å²) in [6.45, 7) is 2.15. The first-order chi connectivity index (χ1) is 8.67. The molecule has 1 aromatic carbocycles. The third-order valence-corrected chi connectivity index (χ3v) is 3.54. The number of carbonyl (C=O) groups is 1. The highest BCUT2D eigenvalue weighted by Crippen LogP contribution is 2.25. The summed E-state index contributed by atoms with van der Waals surface area (Å²) in [5, 5.41) is 8.60. The maximum absolute atomic E-state index is 10.5. The molecule has 0 fully saturated rings. The number of rotatable bonds is 7. The Morgan fingerprint density at radius 1 is 1.50 bits per heavy atom. The standard InChI is InChI=1S/C14H18O3S/c1-3-8-18-10-12-9-11(5-7-14(15)16)4-6-13(12)17-2/h4-7,9H,3,8,10H2,1-2H3,(H,15,16)/b7-5+. The van der Waals surface area contributed by atoms with Crippen LogP contribution in [0.1, 0.15) is 24.5 Å². The minimum absolute atomic E-state index is 0.853. The minimum atomic E-state index is -0.937. The average molecular weight is 266 g/mol. The van der Waals surface area contributed by atoms with E-state index in [1.54, 1.807) is 13.2 Å². The molecule has 1 N–H and O–H groups in total. The van der Waals surface area contributed by atoms with E-state index in [4.69, 9.17) is 9.84 Å². The van der Waals surface area contributed by atoms with E-state index in [1.807, 2.05) is 30.0 Å². The first-order valence-corrected chi connectivity index (χ1v) is 6.98. The van der Waals surface area contributed by atoms with Gasteiger partial charge in [0.15, 0.2) is 0 Å². The SMILES string of the molecule is CCCSCc1cc(/C=C/C(=O)O)ccc1OC. The van der Waals surface area contributed by atoms with Crippen molar-refractivity contribution in [3.8, 4) is 5.75 Å². The number of carboxylic acid groups (broad SMARTS) is 1. The second-order valence-electron chi connectivity index (χ2n) is 3.80. The van der Waals surface area contributed by atoms with Crippen LogP contribution in [0.2, 0.25) is 0 Å². The molecule has 0 unspecified atom stereocenters. The Kier molecular flexibility index (Phi) is 6.36. The summed E-state index contributed by atoms with van der Waals surface area (Å²) in [5.74, 6) is 1.91. The van der Waals surface area contributed by atoms with Crippen molar-refractivity contribution in [3.63, 3.8) is 0 Å². The van der Waals surface area contributed by atoms with Crippen molar-refractivity contribution in [2.45, 2.75) is 19.1 Å². The monoisotopic (exact) mass is 266 g/mol. The Morgan fingerprint density at radius 2 is 2.28 bits per heavy atom. The molecule has 0 heterocycles. The molecule has 0 saturated carbocycles. The smallest absolute Gasteiger partial charge is 0.328 e. The van der Waals surface area contributed by atoms with Crippen LogP contribution in [0.5, 0.6) is 5.75 Å². The van der Waals surface area contributed by atoms with Crippen molar-refractivity contribution in [3.05, 3.63) is 35.4 Å². The van der Waals surface area contributed by atoms with Crippen LogP contribution in [0, 0.1) is 0 Å². The van der Waals surface area contributed by atoms with E-state index in [0.717, 1.165) is 40.9 Å². The van der Waals surface area contributed by atoms with Crippen LogP contribution in [0.3, 0.4) is 0 Å². The van der Waals surface area contributed by atoms with Gasteiger partial charge in [0.05, 0.1) is 7.11 Å². The van der Waals surface area contributed by atoms with Crippen LogP contribution in [0.4, 0.5) is 0 Å². The zero-order valence-electron chi connectivity index (χ0n) is 10.7. The number of benzene rings is 1. The molecule has 1 rings (SSSR count). The molecule has 18 heavy (non-hydrogen) atoms. The molecule has 0 aliphatic rings. The molecule has 0 aromatic heterocycles. The lowest BCUT2D eigenvalue weighted by Crippen LogP contribution is -1.92. The van der Waals surface area contributed by atoms with Crippen LogP contribution in [-0.2, 0) is 10.5 Å². The third-order valence-electron chi connectivity index (χ3n) is 2.33. The second-order valence-corrected chi connectivity index (χ2v) is 4.90. The molecule has 98 valence electrons. The molecule has 4 heteroatoms. The van der Waals surface area contributed by atoms with Gasteiger partial charge in [-0.3, -0.25) is 0 Å². The lowest BCUT2D eigenvalue weighted by molar-refractivity contribution is -0.131. The Labute approximate surface area is 112 Å². The third kappa shape index (κ3) is 4.84. The van der Waals surface area contributed by atoms with Gasteiger partial charge in [-0.1, -0.05) is 13.0 Å². The van der Waals surface area contributed by atoms with Crippen molar-refractivity contribution in [2.75, 3.05) is 12.9 Å². The molecular formula is C14H18O3S. The molecule has 0 spiro atoms. The Morgan fingerprint density at radius 3 is 2.89 bits per heavy atom. The quantitative estimate of drug-likeness (QED) is 0.606.